The Morgan fingerprint density at radius 2 is 1.73 bits per heavy atom. The molecule has 0 amide bonds. The minimum absolute atomic E-state index is 0.00431. The number of carboxylic acids is 1. The lowest BCUT2D eigenvalue weighted by Gasteiger charge is -2.01. The molecule has 0 spiro atoms. The molecule has 0 saturated heterocycles. The summed E-state index contributed by atoms with van der Waals surface area (Å²) in [5, 5.41) is 22.4. The maximum absolute atomic E-state index is 10.7. The Hall–Kier alpha value is -3.15. The van der Waals surface area contributed by atoms with E-state index in [1.807, 2.05) is 0 Å². The van der Waals surface area contributed by atoms with Crippen molar-refractivity contribution in [1.82, 2.24) is 14.8 Å². The van der Waals surface area contributed by atoms with E-state index in [9.17, 15) is 9.90 Å². The number of phenols is 1. The van der Waals surface area contributed by atoms with Gasteiger partial charge in [-0.1, -0.05) is 24.3 Å². The molecule has 0 aliphatic carbocycles. The lowest BCUT2D eigenvalue weighted by atomic mass is 10.1. The van der Waals surface area contributed by atoms with Crippen molar-refractivity contribution in [2.24, 2.45) is 0 Å². The highest BCUT2D eigenvalue weighted by molar-refractivity contribution is 5.70. The van der Waals surface area contributed by atoms with E-state index in [1.165, 1.54) is 0 Å². The highest BCUT2D eigenvalue weighted by Crippen LogP contribution is 2.18. The van der Waals surface area contributed by atoms with Crippen molar-refractivity contribution in [3.05, 3.63) is 60.4 Å². The van der Waals surface area contributed by atoms with Crippen molar-refractivity contribution in [3.8, 4) is 22.8 Å². The topological polar surface area (TPSA) is 88.2 Å². The average molecular weight is 295 g/mol. The van der Waals surface area contributed by atoms with E-state index in [0.717, 1.165) is 16.8 Å². The number of carboxylic acid groups (broad SMARTS) is 1. The highest BCUT2D eigenvalue weighted by atomic mass is 16.4. The van der Waals surface area contributed by atoms with E-state index in [-0.39, 0.29) is 12.2 Å². The summed E-state index contributed by atoms with van der Waals surface area (Å²) in [5.41, 5.74) is 2.33. The van der Waals surface area contributed by atoms with Gasteiger partial charge < -0.3 is 10.2 Å². The lowest BCUT2D eigenvalue weighted by Crippen LogP contribution is -1.99. The first-order valence-electron chi connectivity index (χ1n) is 6.64. The minimum Gasteiger partial charge on any atom is -0.508 e. The first-order valence-corrected chi connectivity index (χ1v) is 6.64. The summed E-state index contributed by atoms with van der Waals surface area (Å²) in [4.78, 5) is 14.9. The summed E-state index contributed by atoms with van der Waals surface area (Å²) >= 11 is 0. The number of aromatic hydroxyl groups is 1. The maximum Gasteiger partial charge on any atom is 0.307 e. The Morgan fingerprint density at radius 1 is 1.05 bits per heavy atom. The third kappa shape index (κ3) is 2.95. The molecule has 2 aromatic carbocycles. The van der Waals surface area contributed by atoms with Gasteiger partial charge in [0.05, 0.1) is 12.1 Å². The van der Waals surface area contributed by atoms with E-state index in [4.69, 9.17) is 5.11 Å². The van der Waals surface area contributed by atoms with Gasteiger partial charge in [0, 0.05) is 5.56 Å². The van der Waals surface area contributed by atoms with Crippen molar-refractivity contribution in [2.75, 3.05) is 0 Å². The predicted octanol–water partition coefficient (Wildman–Crippen LogP) is 2.27. The number of nitrogens with zero attached hydrogens (tertiary/aromatic N) is 3. The van der Waals surface area contributed by atoms with Crippen LogP contribution in [0.5, 0.6) is 5.75 Å². The number of carbonyl (C=O) groups is 1. The third-order valence-corrected chi connectivity index (χ3v) is 3.17. The van der Waals surface area contributed by atoms with Crippen LogP contribution in [0, 0.1) is 0 Å². The molecule has 22 heavy (non-hydrogen) atoms. The molecule has 0 bridgehead atoms. The fraction of sp³-hybridized carbons (Fsp3) is 0.0625. The number of phenolic OH excluding ortho intramolecular Hbond substituents is 1. The van der Waals surface area contributed by atoms with Crippen LogP contribution < -0.4 is 0 Å². The molecule has 110 valence electrons. The standard InChI is InChI=1S/C16H13N3O3/c20-14-7-5-13(6-8-14)19-10-17-16(18-19)12-3-1-11(2-4-12)9-15(21)22/h1-8,10,20H,9H2,(H,21,22). The van der Waals surface area contributed by atoms with E-state index in [0.29, 0.717) is 5.82 Å². The predicted molar refractivity (Wildman–Crippen MR) is 79.8 cm³/mol. The molecule has 0 fully saturated rings. The van der Waals surface area contributed by atoms with Gasteiger partial charge in [-0.25, -0.2) is 9.67 Å². The quantitative estimate of drug-likeness (QED) is 0.770. The fourth-order valence-corrected chi connectivity index (χ4v) is 2.07. The average Bonchev–Trinajstić information content (AvgIpc) is 2.98. The van der Waals surface area contributed by atoms with E-state index < -0.39 is 5.97 Å². The second-order valence-corrected chi connectivity index (χ2v) is 4.80. The molecule has 0 atom stereocenters. The first kappa shape index (κ1) is 13.8. The normalized spacial score (nSPS) is 10.5. The van der Waals surface area contributed by atoms with E-state index in [1.54, 1.807) is 59.5 Å². The van der Waals surface area contributed by atoms with Gasteiger partial charge in [-0.15, -0.1) is 5.10 Å². The molecule has 1 heterocycles. The summed E-state index contributed by atoms with van der Waals surface area (Å²) in [6.07, 6.45) is 1.59. The Bertz CT molecular complexity index is 792. The van der Waals surface area contributed by atoms with Crippen molar-refractivity contribution < 1.29 is 15.0 Å². The van der Waals surface area contributed by atoms with Crippen LogP contribution in [-0.2, 0) is 11.2 Å². The molecule has 1 aromatic heterocycles. The summed E-state index contributed by atoms with van der Waals surface area (Å²) in [5.74, 6) is -0.115. The van der Waals surface area contributed by atoms with Crippen LogP contribution in [0.2, 0.25) is 0 Å². The molecule has 0 unspecified atom stereocenters. The second-order valence-electron chi connectivity index (χ2n) is 4.80. The highest BCUT2D eigenvalue weighted by Gasteiger charge is 2.07. The Kier molecular flexibility index (Phi) is 3.57. The third-order valence-electron chi connectivity index (χ3n) is 3.17. The molecule has 6 heteroatoms. The Labute approximate surface area is 126 Å². The summed E-state index contributed by atoms with van der Waals surface area (Å²) < 4.78 is 1.61. The van der Waals surface area contributed by atoms with Crippen molar-refractivity contribution in [3.63, 3.8) is 0 Å². The lowest BCUT2D eigenvalue weighted by molar-refractivity contribution is -0.136. The second kappa shape index (κ2) is 5.69. The number of benzene rings is 2. The summed E-state index contributed by atoms with van der Waals surface area (Å²) in [7, 11) is 0. The monoisotopic (exact) mass is 295 g/mol. The fourth-order valence-electron chi connectivity index (χ4n) is 2.07. The largest absolute Gasteiger partial charge is 0.508 e. The molecule has 6 nitrogen and oxygen atoms in total. The van der Waals surface area contributed by atoms with E-state index in [2.05, 4.69) is 10.1 Å². The smallest absolute Gasteiger partial charge is 0.307 e. The van der Waals surface area contributed by atoms with Crippen molar-refractivity contribution in [1.29, 1.82) is 0 Å². The number of aromatic nitrogens is 3. The minimum atomic E-state index is -0.859. The molecular formula is C16H13N3O3. The van der Waals surface area contributed by atoms with Gasteiger partial charge in [0.15, 0.2) is 5.82 Å². The summed E-state index contributed by atoms with van der Waals surface area (Å²) in [6, 6.07) is 13.8. The van der Waals surface area contributed by atoms with E-state index >= 15 is 0 Å². The van der Waals surface area contributed by atoms with Gasteiger partial charge in [0.25, 0.3) is 0 Å². The molecular weight excluding hydrogens is 282 g/mol. The van der Waals surface area contributed by atoms with Gasteiger partial charge in [-0.05, 0) is 29.8 Å². The summed E-state index contributed by atoms with van der Waals surface area (Å²) in [6.45, 7) is 0. The molecule has 3 aromatic rings. The van der Waals surface area contributed by atoms with Crippen LogP contribution >= 0.6 is 0 Å². The molecule has 0 aliphatic rings. The van der Waals surface area contributed by atoms with Crippen molar-refractivity contribution >= 4 is 5.97 Å². The number of hydrogen-bond acceptors (Lipinski definition) is 4. The van der Waals surface area contributed by atoms with Crippen LogP contribution in [0.4, 0.5) is 0 Å². The number of aliphatic carboxylic acids is 1. The molecule has 0 aliphatic heterocycles. The first-order chi connectivity index (χ1) is 10.6. The molecule has 3 rings (SSSR count). The van der Waals surface area contributed by atoms with Gasteiger partial charge in [0.2, 0.25) is 0 Å². The van der Waals surface area contributed by atoms with Crippen LogP contribution in [0.25, 0.3) is 17.1 Å². The van der Waals surface area contributed by atoms with Gasteiger partial charge in [-0.2, -0.15) is 0 Å². The van der Waals surface area contributed by atoms with Gasteiger partial charge in [0.1, 0.15) is 12.1 Å². The van der Waals surface area contributed by atoms with Crippen molar-refractivity contribution in [2.45, 2.75) is 6.42 Å². The zero-order chi connectivity index (χ0) is 15.5. The number of rotatable bonds is 4. The zero-order valence-corrected chi connectivity index (χ0v) is 11.5. The number of hydrogen-bond donors (Lipinski definition) is 2. The maximum atomic E-state index is 10.7. The van der Waals surface area contributed by atoms with Crippen LogP contribution in [0.15, 0.2) is 54.9 Å². The van der Waals surface area contributed by atoms with Crippen LogP contribution in [0.1, 0.15) is 5.56 Å². The van der Waals surface area contributed by atoms with Crippen LogP contribution in [-0.4, -0.2) is 30.9 Å². The molecule has 0 radical (unpaired) electrons. The molecule has 2 N–H and O–H groups in total. The van der Waals surface area contributed by atoms with Gasteiger partial charge in [-0.3, -0.25) is 4.79 Å². The van der Waals surface area contributed by atoms with Gasteiger partial charge >= 0.3 is 5.97 Å². The van der Waals surface area contributed by atoms with Crippen LogP contribution in [0.3, 0.4) is 0 Å². The SMILES string of the molecule is O=C(O)Cc1ccc(-c2ncn(-c3ccc(O)cc3)n2)cc1. The Morgan fingerprint density at radius 3 is 2.36 bits per heavy atom. The molecule has 0 saturated carbocycles. The Balaban J connectivity index is 1.84. The zero-order valence-electron chi connectivity index (χ0n) is 11.5.